The Labute approximate surface area is 166 Å². The standard InChI is InChI=1S/C19H23N3O3S2/c23-17(11-14-4-3-9-26-14)21-19-20-13(12-27-19)10-18(24)22-7-8-25-16-6-2-1-5-15(16)22/h3-4,9,12,15-16H,1-2,5-8,10-11H2,(H,20,21,23). The van der Waals surface area contributed by atoms with Gasteiger partial charge in [-0.25, -0.2) is 4.98 Å². The highest BCUT2D eigenvalue weighted by Crippen LogP contribution is 2.29. The van der Waals surface area contributed by atoms with Gasteiger partial charge in [0, 0.05) is 16.8 Å². The van der Waals surface area contributed by atoms with Gasteiger partial charge < -0.3 is 15.0 Å². The van der Waals surface area contributed by atoms with Crippen molar-refractivity contribution in [1.29, 1.82) is 0 Å². The number of nitrogens with zero attached hydrogens (tertiary/aromatic N) is 2. The maximum Gasteiger partial charge on any atom is 0.231 e. The van der Waals surface area contributed by atoms with E-state index in [1.54, 1.807) is 11.3 Å². The van der Waals surface area contributed by atoms with Gasteiger partial charge in [0.1, 0.15) is 0 Å². The summed E-state index contributed by atoms with van der Waals surface area (Å²) in [4.78, 5) is 32.3. The molecule has 0 aromatic carbocycles. The van der Waals surface area contributed by atoms with E-state index >= 15 is 0 Å². The lowest BCUT2D eigenvalue weighted by Gasteiger charge is -2.43. The zero-order valence-electron chi connectivity index (χ0n) is 15.1. The van der Waals surface area contributed by atoms with Crippen LogP contribution in [0, 0.1) is 0 Å². The Hall–Kier alpha value is -1.77. The van der Waals surface area contributed by atoms with Crippen LogP contribution >= 0.6 is 22.7 Å². The highest BCUT2D eigenvalue weighted by molar-refractivity contribution is 7.14. The molecule has 0 spiro atoms. The summed E-state index contributed by atoms with van der Waals surface area (Å²) < 4.78 is 5.85. The number of rotatable bonds is 5. The molecule has 2 aliphatic rings. The number of carbonyl (C=O) groups is 2. The topological polar surface area (TPSA) is 71.5 Å². The van der Waals surface area contributed by atoms with Gasteiger partial charge in [-0.2, -0.15) is 0 Å². The zero-order chi connectivity index (χ0) is 18.6. The minimum Gasteiger partial charge on any atom is -0.374 e. The second kappa shape index (κ2) is 8.50. The Morgan fingerprint density at radius 1 is 1.26 bits per heavy atom. The summed E-state index contributed by atoms with van der Waals surface area (Å²) in [5.41, 5.74) is 0.718. The molecule has 3 heterocycles. The largest absolute Gasteiger partial charge is 0.374 e. The van der Waals surface area contributed by atoms with E-state index in [9.17, 15) is 9.59 Å². The minimum absolute atomic E-state index is 0.0806. The molecule has 2 aromatic rings. The van der Waals surface area contributed by atoms with Crippen LogP contribution in [0.2, 0.25) is 0 Å². The molecule has 2 fully saturated rings. The highest BCUT2D eigenvalue weighted by atomic mass is 32.1. The lowest BCUT2D eigenvalue weighted by molar-refractivity contribution is -0.148. The SMILES string of the molecule is O=C(Cc1cccs1)Nc1nc(CC(=O)N2CCOC3CCCCC32)cs1. The molecule has 0 bridgehead atoms. The van der Waals surface area contributed by atoms with Crippen LogP contribution in [0.15, 0.2) is 22.9 Å². The highest BCUT2D eigenvalue weighted by Gasteiger charge is 2.36. The fraction of sp³-hybridized carbons (Fsp3) is 0.526. The first-order valence-electron chi connectivity index (χ1n) is 9.37. The Morgan fingerprint density at radius 3 is 3.00 bits per heavy atom. The van der Waals surface area contributed by atoms with Crippen LogP contribution in [0.5, 0.6) is 0 Å². The predicted octanol–water partition coefficient (Wildman–Crippen LogP) is 3.10. The molecule has 1 saturated carbocycles. The van der Waals surface area contributed by atoms with Crippen LogP contribution in [0.25, 0.3) is 0 Å². The van der Waals surface area contributed by atoms with Crippen LogP contribution in [0.3, 0.4) is 0 Å². The molecular weight excluding hydrogens is 382 g/mol. The van der Waals surface area contributed by atoms with E-state index in [4.69, 9.17) is 4.74 Å². The fourth-order valence-corrected chi connectivity index (χ4v) is 5.27. The molecule has 0 radical (unpaired) electrons. The average Bonchev–Trinajstić information content (AvgIpc) is 3.33. The number of aromatic nitrogens is 1. The summed E-state index contributed by atoms with van der Waals surface area (Å²) in [6.07, 6.45) is 5.24. The van der Waals surface area contributed by atoms with Gasteiger partial charge >= 0.3 is 0 Å². The van der Waals surface area contributed by atoms with Gasteiger partial charge in [0.25, 0.3) is 0 Å². The number of carbonyl (C=O) groups excluding carboxylic acids is 2. The smallest absolute Gasteiger partial charge is 0.231 e. The molecule has 4 rings (SSSR count). The molecule has 1 aliphatic heterocycles. The Kier molecular flexibility index (Phi) is 5.85. The van der Waals surface area contributed by atoms with E-state index in [1.165, 1.54) is 17.8 Å². The van der Waals surface area contributed by atoms with Crippen molar-refractivity contribution in [3.05, 3.63) is 33.5 Å². The predicted molar refractivity (Wildman–Crippen MR) is 106 cm³/mol. The van der Waals surface area contributed by atoms with Gasteiger partial charge in [-0.3, -0.25) is 9.59 Å². The minimum atomic E-state index is -0.0806. The summed E-state index contributed by atoms with van der Waals surface area (Å²) in [5.74, 6) is 0.0277. The fourth-order valence-electron chi connectivity index (χ4n) is 3.84. The maximum atomic E-state index is 12.8. The maximum absolute atomic E-state index is 12.8. The number of morpholine rings is 1. The van der Waals surface area contributed by atoms with Crippen molar-refractivity contribution in [2.24, 2.45) is 0 Å². The van der Waals surface area contributed by atoms with Gasteiger partial charge in [-0.15, -0.1) is 22.7 Å². The van der Waals surface area contributed by atoms with Gasteiger partial charge in [0.2, 0.25) is 11.8 Å². The van der Waals surface area contributed by atoms with Gasteiger partial charge in [-0.05, 0) is 24.3 Å². The summed E-state index contributed by atoms with van der Waals surface area (Å²) in [6, 6.07) is 4.09. The molecule has 1 N–H and O–H groups in total. The van der Waals surface area contributed by atoms with E-state index in [1.807, 2.05) is 27.8 Å². The summed E-state index contributed by atoms with van der Waals surface area (Å²) in [6.45, 7) is 1.28. The first kappa shape index (κ1) is 18.6. The van der Waals surface area contributed by atoms with Gasteiger partial charge in [-0.1, -0.05) is 18.9 Å². The molecule has 2 aromatic heterocycles. The number of hydrogen-bond acceptors (Lipinski definition) is 6. The first-order chi connectivity index (χ1) is 13.2. The second-order valence-electron chi connectivity index (χ2n) is 6.97. The normalized spacial score (nSPS) is 22.3. The molecule has 27 heavy (non-hydrogen) atoms. The Morgan fingerprint density at radius 2 is 2.15 bits per heavy atom. The molecule has 144 valence electrons. The number of amides is 2. The van der Waals surface area contributed by atoms with E-state index in [2.05, 4.69) is 10.3 Å². The van der Waals surface area contributed by atoms with Crippen molar-refractivity contribution in [3.8, 4) is 0 Å². The molecule has 1 aliphatic carbocycles. The zero-order valence-corrected chi connectivity index (χ0v) is 16.7. The van der Waals surface area contributed by atoms with Crippen LogP contribution in [0.1, 0.15) is 36.3 Å². The van der Waals surface area contributed by atoms with Crippen LogP contribution < -0.4 is 5.32 Å². The number of ether oxygens (including phenoxy) is 1. The number of hydrogen-bond donors (Lipinski definition) is 1. The molecule has 8 heteroatoms. The van der Waals surface area contributed by atoms with Crippen molar-refractivity contribution in [2.75, 3.05) is 18.5 Å². The number of thiazole rings is 1. The van der Waals surface area contributed by atoms with Gasteiger partial charge in [0.15, 0.2) is 5.13 Å². The van der Waals surface area contributed by atoms with E-state index in [-0.39, 0.29) is 30.4 Å². The monoisotopic (exact) mass is 405 g/mol. The van der Waals surface area contributed by atoms with Crippen molar-refractivity contribution in [2.45, 2.75) is 50.7 Å². The summed E-state index contributed by atoms with van der Waals surface area (Å²) in [7, 11) is 0. The van der Waals surface area contributed by atoms with Crippen molar-refractivity contribution in [3.63, 3.8) is 0 Å². The average molecular weight is 406 g/mol. The van der Waals surface area contributed by atoms with Crippen LogP contribution in [0.4, 0.5) is 5.13 Å². The second-order valence-corrected chi connectivity index (χ2v) is 8.86. The third-order valence-corrected chi connectivity index (χ3v) is 6.78. The molecule has 2 atom stereocenters. The summed E-state index contributed by atoms with van der Waals surface area (Å²) in [5, 5.41) is 7.20. The number of anilines is 1. The van der Waals surface area contributed by atoms with Gasteiger partial charge in [0.05, 0.1) is 37.3 Å². The van der Waals surface area contributed by atoms with Crippen molar-refractivity contribution < 1.29 is 14.3 Å². The van der Waals surface area contributed by atoms with E-state index in [0.29, 0.717) is 24.7 Å². The molecule has 1 saturated heterocycles. The van der Waals surface area contributed by atoms with E-state index in [0.717, 1.165) is 29.8 Å². The van der Waals surface area contributed by atoms with Crippen molar-refractivity contribution in [1.82, 2.24) is 9.88 Å². The molecule has 2 amide bonds. The lowest BCUT2D eigenvalue weighted by atomic mass is 9.90. The Balaban J connectivity index is 1.33. The third kappa shape index (κ3) is 4.56. The first-order valence-corrected chi connectivity index (χ1v) is 11.1. The molecule has 6 nitrogen and oxygen atoms in total. The third-order valence-electron chi connectivity index (χ3n) is 5.10. The van der Waals surface area contributed by atoms with E-state index < -0.39 is 0 Å². The number of thiophene rings is 1. The van der Waals surface area contributed by atoms with Crippen LogP contribution in [-0.2, 0) is 27.2 Å². The van der Waals surface area contributed by atoms with Crippen molar-refractivity contribution >= 4 is 39.6 Å². The number of fused-ring (bicyclic) bond motifs is 1. The quantitative estimate of drug-likeness (QED) is 0.830. The Bertz CT molecular complexity index is 788. The number of nitrogens with one attached hydrogen (secondary N) is 1. The summed E-state index contributed by atoms with van der Waals surface area (Å²) >= 11 is 2.93. The lowest BCUT2D eigenvalue weighted by Crippen LogP contribution is -2.55. The molecule has 2 unspecified atom stereocenters. The van der Waals surface area contributed by atoms with Crippen LogP contribution in [-0.4, -0.2) is 47.0 Å². The molecular formula is C19H23N3O3S2.